The molecule has 4 rings (SSSR count). The highest BCUT2D eigenvalue weighted by Gasteiger charge is 2.42. The van der Waals surface area contributed by atoms with Gasteiger partial charge in [-0.05, 0) is 83.1 Å². The van der Waals surface area contributed by atoms with Gasteiger partial charge in [-0.2, -0.15) is 12.6 Å². The standard InChI is InChI=1S/C13H15BrN2O.C11H22O2S.C4H5ClO.2C2H6/c1-8-4-11(8)13(17)16-3-2-9-5-10(14)6-15-12(9)7-16;1-3-5-6-10(4-2)9-13-11(12)7-8-14;5-4(6)3-1-2-3;2*1-2/h5-6,8,11H,2-4,7H2,1H3;10,14H,3-9H2,1-2H3;3H,1-2H2;2*1-2H3. The van der Waals surface area contributed by atoms with Crippen LogP contribution in [0, 0.1) is 23.7 Å². The van der Waals surface area contributed by atoms with Crippen molar-refractivity contribution in [2.24, 2.45) is 23.7 Å². The second-order valence-corrected chi connectivity index (χ2v) is 12.0. The van der Waals surface area contributed by atoms with Gasteiger partial charge in [-0.1, -0.05) is 67.7 Å². The first-order valence-corrected chi connectivity index (χ1v) is 17.4. The molecular weight excluding hydrogens is 624 g/mol. The molecule has 2 fully saturated rings. The van der Waals surface area contributed by atoms with E-state index in [1.807, 2.05) is 38.8 Å². The van der Waals surface area contributed by atoms with Crippen LogP contribution in [0.4, 0.5) is 0 Å². The molecule has 1 aromatic rings. The summed E-state index contributed by atoms with van der Waals surface area (Å²) in [6.07, 6.45) is 11.0. The Hall–Kier alpha value is -1.12. The highest BCUT2D eigenvalue weighted by Crippen LogP contribution is 2.40. The van der Waals surface area contributed by atoms with E-state index in [1.54, 1.807) is 0 Å². The average Bonchev–Trinajstić information content (AvgIpc) is 3.92. The highest BCUT2D eigenvalue weighted by atomic mass is 79.9. The molecule has 0 saturated heterocycles. The van der Waals surface area contributed by atoms with Gasteiger partial charge in [0.15, 0.2) is 0 Å². The van der Waals surface area contributed by atoms with Crippen molar-refractivity contribution in [1.29, 1.82) is 0 Å². The van der Waals surface area contributed by atoms with Crippen molar-refractivity contribution in [2.45, 2.75) is 113 Å². The van der Waals surface area contributed by atoms with E-state index in [2.05, 4.69) is 60.4 Å². The Morgan fingerprint density at radius 2 is 1.83 bits per heavy atom. The second-order valence-electron chi connectivity index (χ2n) is 10.2. The summed E-state index contributed by atoms with van der Waals surface area (Å²) < 4.78 is 6.16. The molecule has 1 amide bonds. The number of amides is 1. The quantitative estimate of drug-likeness (QED) is 0.152. The van der Waals surface area contributed by atoms with E-state index in [0.29, 0.717) is 43.1 Å². The molecule has 0 N–H and O–H groups in total. The topological polar surface area (TPSA) is 76.6 Å². The van der Waals surface area contributed by atoms with Crippen LogP contribution in [-0.2, 0) is 32.1 Å². The van der Waals surface area contributed by atoms with Crippen LogP contribution < -0.4 is 0 Å². The van der Waals surface area contributed by atoms with Gasteiger partial charge in [0.1, 0.15) is 0 Å². The smallest absolute Gasteiger partial charge is 0.306 e. The number of fused-ring (bicyclic) bond motifs is 1. The fraction of sp³-hybridized carbons (Fsp3) is 0.750. The van der Waals surface area contributed by atoms with Crippen molar-refractivity contribution in [3.05, 3.63) is 28.0 Å². The number of carbonyl (C=O) groups excluding carboxylic acids is 3. The molecule has 2 saturated carbocycles. The Balaban J connectivity index is 0.000000598. The van der Waals surface area contributed by atoms with E-state index in [1.165, 1.54) is 24.8 Å². The summed E-state index contributed by atoms with van der Waals surface area (Å²) in [6.45, 7) is 16.6. The van der Waals surface area contributed by atoms with Crippen molar-refractivity contribution in [3.63, 3.8) is 0 Å². The minimum Gasteiger partial charge on any atom is -0.465 e. The summed E-state index contributed by atoms with van der Waals surface area (Å²) in [6, 6.07) is 2.11. The van der Waals surface area contributed by atoms with Gasteiger partial charge in [-0.25, -0.2) is 0 Å². The fourth-order valence-corrected chi connectivity index (χ4v) is 4.83. The molecular formula is C32H54BrClN2O4S. The third kappa shape index (κ3) is 16.9. The maximum atomic E-state index is 12.1. The van der Waals surface area contributed by atoms with E-state index in [0.717, 1.165) is 48.8 Å². The summed E-state index contributed by atoms with van der Waals surface area (Å²) in [5.74, 6) is 2.42. The lowest BCUT2D eigenvalue weighted by Crippen LogP contribution is -2.37. The van der Waals surface area contributed by atoms with Crippen molar-refractivity contribution in [2.75, 3.05) is 18.9 Å². The van der Waals surface area contributed by atoms with Crippen LogP contribution in [0.15, 0.2) is 16.7 Å². The molecule has 0 aromatic carbocycles. The zero-order valence-corrected chi connectivity index (χ0v) is 29.6. The van der Waals surface area contributed by atoms with Crippen LogP contribution in [0.2, 0.25) is 0 Å². The lowest BCUT2D eigenvalue weighted by atomic mass is 10.0. The highest BCUT2D eigenvalue weighted by molar-refractivity contribution is 9.10. The molecule has 236 valence electrons. The van der Waals surface area contributed by atoms with Gasteiger partial charge in [-0.15, -0.1) is 0 Å². The molecule has 2 heterocycles. The van der Waals surface area contributed by atoms with Crippen molar-refractivity contribution in [3.8, 4) is 0 Å². The largest absolute Gasteiger partial charge is 0.465 e. The van der Waals surface area contributed by atoms with Crippen LogP contribution in [-0.4, -0.2) is 45.9 Å². The minimum absolute atomic E-state index is 0.116. The van der Waals surface area contributed by atoms with Crippen LogP contribution in [0.5, 0.6) is 0 Å². The van der Waals surface area contributed by atoms with Crippen LogP contribution in [0.1, 0.15) is 111 Å². The lowest BCUT2D eigenvalue weighted by Gasteiger charge is -2.28. The summed E-state index contributed by atoms with van der Waals surface area (Å²) >= 11 is 12.5. The summed E-state index contributed by atoms with van der Waals surface area (Å²) in [5.41, 5.74) is 2.33. The van der Waals surface area contributed by atoms with Gasteiger partial charge in [0.2, 0.25) is 11.1 Å². The zero-order chi connectivity index (χ0) is 31.4. The predicted octanol–water partition coefficient (Wildman–Crippen LogP) is 8.66. The van der Waals surface area contributed by atoms with Gasteiger partial charge in [0.25, 0.3) is 0 Å². The molecule has 1 aliphatic heterocycles. The van der Waals surface area contributed by atoms with Gasteiger partial charge in [-0.3, -0.25) is 19.4 Å². The second kappa shape index (κ2) is 23.3. The van der Waals surface area contributed by atoms with Crippen LogP contribution in [0.3, 0.4) is 0 Å². The predicted molar refractivity (Wildman–Crippen MR) is 177 cm³/mol. The molecule has 3 aliphatic rings. The van der Waals surface area contributed by atoms with E-state index in [-0.39, 0.29) is 23.0 Å². The number of halogens is 2. The summed E-state index contributed by atoms with van der Waals surface area (Å²) in [4.78, 5) is 39.6. The van der Waals surface area contributed by atoms with Gasteiger partial charge in [0, 0.05) is 34.8 Å². The van der Waals surface area contributed by atoms with E-state index in [4.69, 9.17) is 16.3 Å². The normalized spacial score (nSPS) is 18.6. The SMILES string of the molecule is CC.CC.CC1CC1C(=O)N1CCc2cc(Br)cnc2C1.CCCCC(CC)COC(=O)CCS.O=C(Cl)C1CC1. The molecule has 3 atom stereocenters. The summed E-state index contributed by atoms with van der Waals surface area (Å²) in [7, 11) is 0. The molecule has 9 heteroatoms. The molecule has 3 unspecified atom stereocenters. The molecule has 2 aliphatic carbocycles. The fourth-order valence-electron chi connectivity index (χ4n) is 4.06. The molecule has 0 radical (unpaired) electrons. The Bertz CT molecular complexity index is 900. The van der Waals surface area contributed by atoms with E-state index < -0.39 is 0 Å². The Morgan fingerprint density at radius 1 is 1.20 bits per heavy atom. The van der Waals surface area contributed by atoms with Crippen molar-refractivity contribution >= 4 is 57.3 Å². The number of ether oxygens (including phenoxy) is 1. The Kier molecular flexibility index (Phi) is 22.7. The molecule has 1 aromatic heterocycles. The monoisotopic (exact) mass is 676 g/mol. The van der Waals surface area contributed by atoms with Crippen LogP contribution >= 0.6 is 40.2 Å². The number of rotatable bonds is 10. The molecule has 41 heavy (non-hydrogen) atoms. The third-order valence-corrected chi connectivity index (χ3v) is 7.96. The number of carbonyl (C=O) groups is 3. The first-order chi connectivity index (χ1) is 19.7. The lowest BCUT2D eigenvalue weighted by molar-refractivity contribution is -0.144. The molecule has 0 spiro atoms. The number of thiol groups is 1. The van der Waals surface area contributed by atoms with E-state index >= 15 is 0 Å². The number of esters is 1. The van der Waals surface area contributed by atoms with Crippen molar-refractivity contribution < 1.29 is 19.1 Å². The number of aromatic nitrogens is 1. The third-order valence-electron chi connectivity index (χ3n) is 6.99. The average molecular weight is 678 g/mol. The number of hydrogen-bond acceptors (Lipinski definition) is 6. The number of nitrogens with zero attached hydrogens (tertiary/aromatic N) is 2. The first-order valence-electron chi connectivity index (χ1n) is 15.6. The summed E-state index contributed by atoms with van der Waals surface area (Å²) in [5, 5.41) is -0.157. The molecule has 6 nitrogen and oxygen atoms in total. The Morgan fingerprint density at radius 3 is 2.29 bits per heavy atom. The maximum absolute atomic E-state index is 12.1. The Labute approximate surface area is 268 Å². The number of unbranched alkanes of at least 4 members (excludes halogenated alkanes) is 1. The zero-order valence-electron chi connectivity index (χ0n) is 26.4. The minimum atomic E-state index is -0.157. The van der Waals surface area contributed by atoms with Crippen molar-refractivity contribution in [1.82, 2.24) is 9.88 Å². The first kappa shape index (κ1) is 39.9. The van der Waals surface area contributed by atoms with Gasteiger partial charge < -0.3 is 9.64 Å². The van der Waals surface area contributed by atoms with E-state index in [9.17, 15) is 14.4 Å². The molecule has 0 bridgehead atoms. The van der Waals surface area contributed by atoms with Gasteiger partial charge in [0.05, 0.1) is 25.3 Å². The van der Waals surface area contributed by atoms with Crippen LogP contribution in [0.25, 0.3) is 0 Å². The number of hydrogen-bond donors (Lipinski definition) is 1. The van der Waals surface area contributed by atoms with Gasteiger partial charge >= 0.3 is 5.97 Å². The maximum Gasteiger partial charge on any atom is 0.306 e. The number of pyridine rings is 1.